The number of hydrogen-bond acceptors (Lipinski definition) is 3. The molecule has 1 saturated carbocycles. The van der Waals surface area contributed by atoms with Gasteiger partial charge < -0.3 is 14.8 Å². The van der Waals surface area contributed by atoms with E-state index in [-0.39, 0.29) is 0 Å². The Morgan fingerprint density at radius 3 is 2.43 bits per heavy atom. The monoisotopic (exact) mass is 279 g/mol. The maximum absolute atomic E-state index is 6.58. The summed E-state index contributed by atoms with van der Waals surface area (Å²) < 4.78 is 13.1. The standard InChI is InChI=1S/C18H17NO2/c1-2-8-14-13(7-1)17-11-5-6-12-18(17,19-14)21-16-10-4-3-9-15(16)20-17/h1-4,7-10,19H,5-6,11-12H2/t17-,18-/m1/s1. The lowest BCUT2D eigenvalue weighted by molar-refractivity contribution is -0.146. The second-order valence-electron chi connectivity index (χ2n) is 6.18. The van der Waals surface area contributed by atoms with Crippen molar-refractivity contribution in [2.24, 2.45) is 0 Å². The lowest BCUT2D eigenvalue weighted by atomic mass is 9.74. The molecule has 5 rings (SSSR count). The summed E-state index contributed by atoms with van der Waals surface area (Å²) in [5.74, 6) is 1.70. The molecule has 3 heteroatoms. The molecule has 1 N–H and O–H groups in total. The molecule has 0 bridgehead atoms. The van der Waals surface area contributed by atoms with Crippen LogP contribution in [0.25, 0.3) is 0 Å². The van der Waals surface area contributed by atoms with Crippen molar-refractivity contribution in [1.29, 1.82) is 0 Å². The van der Waals surface area contributed by atoms with Crippen molar-refractivity contribution < 1.29 is 9.47 Å². The summed E-state index contributed by atoms with van der Waals surface area (Å²) in [6.07, 6.45) is 4.29. The maximum atomic E-state index is 6.58. The van der Waals surface area contributed by atoms with Gasteiger partial charge in [0.25, 0.3) is 0 Å². The first kappa shape index (κ1) is 11.5. The Kier molecular flexibility index (Phi) is 2.04. The van der Waals surface area contributed by atoms with E-state index in [1.165, 1.54) is 12.0 Å². The molecule has 21 heavy (non-hydrogen) atoms. The van der Waals surface area contributed by atoms with Gasteiger partial charge in [0.2, 0.25) is 5.72 Å². The van der Waals surface area contributed by atoms with Crippen LogP contribution in [0.1, 0.15) is 31.2 Å². The zero-order valence-corrected chi connectivity index (χ0v) is 11.8. The molecule has 1 aliphatic carbocycles. The molecule has 0 amide bonds. The van der Waals surface area contributed by atoms with E-state index in [1.807, 2.05) is 24.3 Å². The van der Waals surface area contributed by atoms with Crippen molar-refractivity contribution in [2.75, 3.05) is 5.32 Å². The van der Waals surface area contributed by atoms with Gasteiger partial charge in [-0.25, -0.2) is 0 Å². The van der Waals surface area contributed by atoms with Crippen LogP contribution in [-0.4, -0.2) is 5.72 Å². The van der Waals surface area contributed by atoms with Crippen molar-refractivity contribution in [2.45, 2.75) is 37.0 Å². The van der Waals surface area contributed by atoms with Crippen LogP contribution in [-0.2, 0) is 5.60 Å². The summed E-state index contributed by atoms with van der Waals surface area (Å²) in [6, 6.07) is 16.4. The van der Waals surface area contributed by atoms with Gasteiger partial charge in [0.05, 0.1) is 0 Å². The van der Waals surface area contributed by atoms with E-state index in [0.29, 0.717) is 0 Å². The Morgan fingerprint density at radius 1 is 0.810 bits per heavy atom. The average molecular weight is 279 g/mol. The Morgan fingerprint density at radius 2 is 1.52 bits per heavy atom. The summed E-state index contributed by atoms with van der Waals surface area (Å²) in [5.41, 5.74) is 1.53. The molecule has 1 fully saturated rings. The topological polar surface area (TPSA) is 30.5 Å². The molecule has 2 aromatic carbocycles. The minimum Gasteiger partial charge on any atom is -0.472 e. The fourth-order valence-corrected chi connectivity index (χ4v) is 4.17. The molecule has 2 aliphatic heterocycles. The first-order chi connectivity index (χ1) is 10.3. The quantitative estimate of drug-likeness (QED) is 0.789. The summed E-state index contributed by atoms with van der Waals surface area (Å²) in [5, 5.41) is 3.64. The summed E-state index contributed by atoms with van der Waals surface area (Å²) in [7, 11) is 0. The van der Waals surface area contributed by atoms with Crippen molar-refractivity contribution in [1.82, 2.24) is 0 Å². The highest BCUT2D eigenvalue weighted by Crippen LogP contribution is 2.59. The number of anilines is 1. The van der Waals surface area contributed by atoms with Crippen LogP contribution in [0, 0.1) is 0 Å². The molecular weight excluding hydrogens is 262 g/mol. The minimum absolute atomic E-state index is 0.393. The van der Waals surface area contributed by atoms with E-state index in [9.17, 15) is 0 Å². The smallest absolute Gasteiger partial charge is 0.225 e. The molecule has 0 aromatic heterocycles. The van der Waals surface area contributed by atoms with Gasteiger partial charge in [-0.2, -0.15) is 0 Å². The molecule has 3 aliphatic rings. The van der Waals surface area contributed by atoms with Crippen molar-refractivity contribution in [3.05, 3.63) is 54.1 Å². The van der Waals surface area contributed by atoms with Gasteiger partial charge in [-0.15, -0.1) is 0 Å². The van der Waals surface area contributed by atoms with E-state index in [4.69, 9.17) is 9.47 Å². The number of nitrogens with one attached hydrogen (secondary N) is 1. The third-order valence-electron chi connectivity index (χ3n) is 5.08. The van der Waals surface area contributed by atoms with Gasteiger partial charge in [-0.05, 0) is 37.5 Å². The lowest BCUT2D eigenvalue weighted by Crippen LogP contribution is -2.63. The predicted molar refractivity (Wildman–Crippen MR) is 80.6 cm³/mol. The molecule has 0 saturated heterocycles. The van der Waals surface area contributed by atoms with Gasteiger partial charge in [-0.1, -0.05) is 30.3 Å². The maximum Gasteiger partial charge on any atom is 0.225 e. The molecule has 0 unspecified atom stereocenters. The van der Waals surface area contributed by atoms with Gasteiger partial charge >= 0.3 is 0 Å². The average Bonchev–Trinajstić information content (AvgIpc) is 2.82. The largest absolute Gasteiger partial charge is 0.472 e. The number of ether oxygens (including phenoxy) is 2. The molecule has 3 nitrogen and oxygen atoms in total. The normalized spacial score (nSPS) is 31.6. The zero-order valence-electron chi connectivity index (χ0n) is 11.8. The molecule has 2 atom stereocenters. The highest BCUT2D eigenvalue weighted by molar-refractivity contribution is 5.65. The second kappa shape index (κ2) is 3.73. The van der Waals surface area contributed by atoms with E-state index >= 15 is 0 Å². The number of para-hydroxylation sites is 3. The van der Waals surface area contributed by atoms with Gasteiger partial charge in [0, 0.05) is 17.7 Å². The van der Waals surface area contributed by atoms with Crippen LogP contribution < -0.4 is 14.8 Å². The molecule has 0 spiro atoms. The van der Waals surface area contributed by atoms with Crippen LogP contribution >= 0.6 is 0 Å². The van der Waals surface area contributed by atoms with Crippen LogP contribution in [0.5, 0.6) is 11.5 Å². The van der Waals surface area contributed by atoms with Crippen LogP contribution in [0.4, 0.5) is 5.69 Å². The SMILES string of the molecule is c1ccc2c(c1)N[C@@]13CCCC[C@@]21Oc1ccccc1O3. The number of fused-ring (bicyclic) bond motifs is 2. The number of benzene rings is 2. The molecule has 106 valence electrons. The van der Waals surface area contributed by atoms with E-state index < -0.39 is 11.3 Å². The fraction of sp³-hybridized carbons (Fsp3) is 0.333. The Bertz CT molecular complexity index is 729. The molecule has 2 aromatic rings. The summed E-state index contributed by atoms with van der Waals surface area (Å²) >= 11 is 0. The Hall–Kier alpha value is -2.16. The molecule has 2 heterocycles. The van der Waals surface area contributed by atoms with E-state index in [2.05, 4.69) is 29.6 Å². The third kappa shape index (κ3) is 1.29. The summed E-state index contributed by atoms with van der Waals surface area (Å²) in [6.45, 7) is 0. The van der Waals surface area contributed by atoms with Gasteiger partial charge in [0.1, 0.15) is 0 Å². The van der Waals surface area contributed by atoms with Gasteiger partial charge in [0.15, 0.2) is 17.1 Å². The molecule has 0 radical (unpaired) electrons. The highest BCUT2D eigenvalue weighted by Gasteiger charge is 2.65. The predicted octanol–water partition coefficient (Wildman–Crippen LogP) is 4.05. The first-order valence-corrected chi connectivity index (χ1v) is 7.68. The van der Waals surface area contributed by atoms with E-state index in [0.717, 1.165) is 36.4 Å². The third-order valence-corrected chi connectivity index (χ3v) is 5.08. The fourth-order valence-electron chi connectivity index (χ4n) is 4.17. The number of rotatable bonds is 0. The highest BCUT2D eigenvalue weighted by atomic mass is 16.6. The second-order valence-corrected chi connectivity index (χ2v) is 6.18. The van der Waals surface area contributed by atoms with E-state index in [1.54, 1.807) is 0 Å². The Balaban J connectivity index is 1.77. The Labute approximate surface area is 123 Å². The minimum atomic E-state index is -0.455. The lowest BCUT2D eigenvalue weighted by Gasteiger charge is -2.51. The van der Waals surface area contributed by atoms with Gasteiger partial charge in [-0.3, -0.25) is 0 Å². The zero-order chi connectivity index (χ0) is 13.9. The van der Waals surface area contributed by atoms with Crippen LogP contribution in [0.3, 0.4) is 0 Å². The molecular formula is C18H17NO2. The van der Waals surface area contributed by atoms with Crippen molar-refractivity contribution in [3.63, 3.8) is 0 Å². The van der Waals surface area contributed by atoms with Crippen molar-refractivity contribution in [3.8, 4) is 11.5 Å². The number of hydrogen-bond donors (Lipinski definition) is 1. The summed E-state index contributed by atoms with van der Waals surface area (Å²) in [4.78, 5) is 0. The first-order valence-electron chi connectivity index (χ1n) is 7.68. The van der Waals surface area contributed by atoms with Crippen LogP contribution in [0.2, 0.25) is 0 Å². The van der Waals surface area contributed by atoms with Crippen molar-refractivity contribution >= 4 is 5.69 Å². The van der Waals surface area contributed by atoms with Crippen LogP contribution in [0.15, 0.2) is 48.5 Å².